The Morgan fingerprint density at radius 1 is 1.62 bits per heavy atom. The molecule has 0 radical (unpaired) electrons. The van der Waals surface area contributed by atoms with E-state index >= 15 is 0 Å². The van der Waals surface area contributed by atoms with Gasteiger partial charge in [-0.3, -0.25) is 0 Å². The van der Waals surface area contributed by atoms with E-state index in [1.807, 2.05) is 0 Å². The third-order valence-corrected chi connectivity index (χ3v) is 2.69. The predicted molar refractivity (Wildman–Crippen MR) is 50.6 cm³/mol. The summed E-state index contributed by atoms with van der Waals surface area (Å²) in [6, 6.07) is 4.16. The van der Waals surface area contributed by atoms with Gasteiger partial charge in [0.25, 0.3) is 0 Å². The Morgan fingerprint density at radius 3 is 2.69 bits per heavy atom. The van der Waals surface area contributed by atoms with Crippen molar-refractivity contribution in [1.29, 1.82) is 0 Å². The van der Waals surface area contributed by atoms with Crippen molar-refractivity contribution in [1.82, 2.24) is 0 Å². The number of carbonyl (C=O) groups is 1. The highest BCUT2D eigenvalue weighted by Crippen LogP contribution is 2.27. The van der Waals surface area contributed by atoms with Crippen molar-refractivity contribution < 1.29 is 14.3 Å². The van der Waals surface area contributed by atoms with Crippen molar-refractivity contribution in [3.63, 3.8) is 0 Å². The molecule has 0 saturated carbocycles. The summed E-state index contributed by atoms with van der Waals surface area (Å²) in [4.78, 5) is 10.3. The van der Waals surface area contributed by atoms with E-state index in [-0.39, 0.29) is 5.56 Å². The fourth-order valence-electron chi connectivity index (χ4n) is 0.813. The van der Waals surface area contributed by atoms with Crippen LogP contribution in [0.15, 0.2) is 22.7 Å². The molecule has 0 fully saturated rings. The lowest BCUT2D eigenvalue weighted by Gasteiger charge is -2.04. The second-order valence-electron chi connectivity index (χ2n) is 2.37. The lowest BCUT2D eigenvalue weighted by atomic mass is 10.1. The van der Waals surface area contributed by atoms with Gasteiger partial charge in [0.05, 0.1) is 5.02 Å². The van der Waals surface area contributed by atoms with Gasteiger partial charge in [-0.15, -0.1) is 0 Å². The fraction of sp³-hybridized carbons (Fsp3) is 0.125. The number of alkyl halides is 1. The third-order valence-electron chi connectivity index (χ3n) is 1.45. The average Bonchev–Trinajstić information content (AvgIpc) is 2.08. The summed E-state index contributed by atoms with van der Waals surface area (Å²) in [5.74, 6) is -1.52. The van der Waals surface area contributed by atoms with Gasteiger partial charge in [0.1, 0.15) is 0 Å². The van der Waals surface area contributed by atoms with Crippen LogP contribution in [0, 0.1) is 0 Å². The standard InChI is InChI=1S/C8H5BrClFO2/c9-5-2-1-4(3-6(5)10)7(11)8(12)13/h1-3,7H,(H,12,13). The first-order valence-corrected chi connectivity index (χ1v) is 4.51. The van der Waals surface area contributed by atoms with Gasteiger partial charge in [-0.2, -0.15) is 0 Å². The molecule has 0 aliphatic heterocycles. The van der Waals surface area contributed by atoms with Crippen molar-refractivity contribution in [2.75, 3.05) is 0 Å². The molecule has 0 bridgehead atoms. The second kappa shape index (κ2) is 4.07. The average molecular weight is 267 g/mol. The second-order valence-corrected chi connectivity index (χ2v) is 3.64. The van der Waals surface area contributed by atoms with Crippen LogP contribution in [-0.4, -0.2) is 11.1 Å². The number of hydrogen-bond donors (Lipinski definition) is 1. The highest BCUT2D eigenvalue weighted by molar-refractivity contribution is 9.10. The van der Waals surface area contributed by atoms with Crippen LogP contribution < -0.4 is 0 Å². The highest BCUT2D eigenvalue weighted by atomic mass is 79.9. The topological polar surface area (TPSA) is 37.3 Å². The normalized spacial score (nSPS) is 12.5. The monoisotopic (exact) mass is 266 g/mol. The van der Waals surface area contributed by atoms with Crippen LogP contribution in [0.1, 0.15) is 11.7 Å². The minimum absolute atomic E-state index is 0.0423. The minimum Gasteiger partial charge on any atom is -0.479 e. The van der Waals surface area contributed by atoms with Crippen molar-refractivity contribution in [3.8, 4) is 0 Å². The molecule has 1 unspecified atom stereocenters. The number of hydrogen-bond acceptors (Lipinski definition) is 1. The van der Waals surface area contributed by atoms with Gasteiger partial charge in [0.2, 0.25) is 6.17 Å². The zero-order valence-electron chi connectivity index (χ0n) is 6.30. The van der Waals surface area contributed by atoms with Crippen molar-refractivity contribution in [3.05, 3.63) is 33.3 Å². The maximum absolute atomic E-state index is 12.9. The number of rotatable bonds is 2. The third kappa shape index (κ3) is 2.42. The molecule has 0 amide bonds. The van der Waals surface area contributed by atoms with E-state index in [1.165, 1.54) is 18.2 Å². The summed E-state index contributed by atoms with van der Waals surface area (Å²) >= 11 is 8.77. The predicted octanol–water partition coefficient (Wildman–Crippen LogP) is 3.20. The summed E-state index contributed by atoms with van der Waals surface area (Å²) < 4.78 is 13.5. The molecule has 1 aromatic rings. The molecule has 5 heteroatoms. The van der Waals surface area contributed by atoms with Crippen LogP contribution in [-0.2, 0) is 4.79 Å². The minimum atomic E-state index is -2.02. The Morgan fingerprint density at radius 2 is 2.23 bits per heavy atom. The quantitative estimate of drug-likeness (QED) is 0.893. The van der Waals surface area contributed by atoms with E-state index in [1.54, 1.807) is 0 Å². The van der Waals surface area contributed by atoms with Crippen molar-refractivity contribution in [2.45, 2.75) is 6.17 Å². The molecule has 70 valence electrons. The van der Waals surface area contributed by atoms with Gasteiger partial charge in [0.15, 0.2) is 0 Å². The van der Waals surface area contributed by atoms with Gasteiger partial charge in [-0.05, 0) is 33.6 Å². The molecule has 1 rings (SSSR count). The van der Waals surface area contributed by atoms with E-state index in [4.69, 9.17) is 16.7 Å². The van der Waals surface area contributed by atoms with Crippen LogP contribution in [0.2, 0.25) is 5.02 Å². The summed E-state index contributed by atoms with van der Waals surface area (Å²) in [7, 11) is 0. The number of carboxylic acids is 1. The Bertz CT molecular complexity index is 343. The van der Waals surface area contributed by atoms with E-state index in [2.05, 4.69) is 15.9 Å². The van der Waals surface area contributed by atoms with Gasteiger partial charge < -0.3 is 5.11 Å². The van der Waals surface area contributed by atoms with Crippen LogP contribution in [0.25, 0.3) is 0 Å². The molecule has 0 heterocycles. The summed E-state index contributed by atoms with van der Waals surface area (Å²) in [5, 5.41) is 8.66. The number of benzene rings is 1. The molecule has 13 heavy (non-hydrogen) atoms. The van der Waals surface area contributed by atoms with E-state index in [0.717, 1.165) is 0 Å². The van der Waals surface area contributed by atoms with Crippen LogP contribution in [0.3, 0.4) is 0 Å². The molecule has 0 spiro atoms. The van der Waals surface area contributed by atoms with Gasteiger partial charge in [-0.25, -0.2) is 9.18 Å². The molecule has 1 N–H and O–H groups in total. The maximum Gasteiger partial charge on any atom is 0.343 e. The SMILES string of the molecule is O=C(O)C(F)c1ccc(Br)c(Cl)c1. The van der Waals surface area contributed by atoms with E-state index in [0.29, 0.717) is 9.50 Å². The molecule has 1 atom stereocenters. The Hall–Kier alpha value is -0.610. The molecule has 0 saturated heterocycles. The van der Waals surface area contributed by atoms with Crippen molar-refractivity contribution in [2.24, 2.45) is 0 Å². The first-order valence-electron chi connectivity index (χ1n) is 3.34. The zero-order valence-corrected chi connectivity index (χ0v) is 8.64. The first kappa shape index (κ1) is 10.5. The first-order chi connectivity index (χ1) is 6.02. The molecule has 0 aliphatic carbocycles. The fourth-order valence-corrected chi connectivity index (χ4v) is 1.25. The van der Waals surface area contributed by atoms with Gasteiger partial charge in [0, 0.05) is 4.47 Å². The summed E-state index contributed by atoms with van der Waals surface area (Å²) in [6.45, 7) is 0. The number of halogens is 3. The van der Waals surface area contributed by atoms with Gasteiger partial charge >= 0.3 is 5.97 Å². The Balaban J connectivity index is 3.03. The van der Waals surface area contributed by atoms with E-state index < -0.39 is 12.1 Å². The lowest BCUT2D eigenvalue weighted by molar-refractivity contribution is -0.143. The molecular weight excluding hydrogens is 262 g/mol. The zero-order chi connectivity index (χ0) is 10.0. The Kier molecular flexibility index (Phi) is 3.27. The van der Waals surface area contributed by atoms with Crippen LogP contribution in [0.4, 0.5) is 4.39 Å². The lowest BCUT2D eigenvalue weighted by Crippen LogP contribution is -2.05. The maximum atomic E-state index is 12.9. The smallest absolute Gasteiger partial charge is 0.343 e. The summed E-state index contributed by atoms with van der Waals surface area (Å²) in [5.41, 5.74) is 0.0423. The molecular formula is C8H5BrClFO2. The number of aliphatic carboxylic acids is 1. The molecule has 2 nitrogen and oxygen atoms in total. The molecule has 0 aromatic heterocycles. The summed E-state index contributed by atoms with van der Waals surface area (Å²) in [6.07, 6.45) is -2.02. The largest absolute Gasteiger partial charge is 0.479 e. The van der Waals surface area contributed by atoms with Crippen LogP contribution in [0.5, 0.6) is 0 Å². The molecule has 1 aromatic carbocycles. The van der Waals surface area contributed by atoms with Crippen LogP contribution >= 0.6 is 27.5 Å². The number of carboxylic acid groups (broad SMARTS) is 1. The van der Waals surface area contributed by atoms with E-state index in [9.17, 15) is 9.18 Å². The Labute approximate surface area is 87.5 Å². The highest BCUT2D eigenvalue weighted by Gasteiger charge is 2.18. The molecule has 0 aliphatic rings. The van der Waals surface area contributed by atoms with Crippen molar-refractivity contribution >= 4 is 33.5 Å². The van der Waals surface area contributed by atoms with Gasteiger partial charge in [-0.1, -0.05) is 17.7 Å².